The van der Waals surface area contributed by atoms with Gasteiger partial charge in [-0.15, -0.1) is 0 Å². The summed E-state index contributed by atoms with van der Waals surface area (Å²) in [6.07, 6.45) is 3.28. The highest BCUT2D eigenvalue weighted by Gasteiger charge is 2.43. The number of amides is 1. The molecule has 1 aromatic carbocycles. The Kier molecular flexibility index (Phi) is 5.16. The van der Waals surface area contributed by atoms with E-state index in [-0.39, 0.29) is 16.2 Å². The van der Waals surface area contributed by atoms with Crippen LogP contribution >= 0.6 is 0 Å². The van der Waals surface area contributed by atoms with E-state index in [0.717, 1.165) is 0 Å². The molecule has 2 aliphatic heterocycles. The van der Waals surface area contributed by atoms with E-state index in [4.69, 9.17) is 4.74 Å². The summed E-state index contributed by atoms with van der Waals surface area (Å²) in [5, 5.41) is 0. The second-order valence-corrected chi connectivity index (χ2v) is 9.87. The van der Waals surface area contributed by atoms with Crippen molar-refractivity contribution in [3.63, 3.8) is 0 Å². The zero-order valence-corrected chi connectivity index (χ0v) is 17.7. The summed E-state index contributed by atoms with van der Waals surface area (Å²) in [6, 6.07) is 10.5. The van der Waals surface area contributed by atoms with Crippen LogP contribution in [0.25, 0.3) is 0 Å². The first-order valence-electron chi connectivity index (χ1n) is 9.99. The largest absolute Gasteiger partial charge is 0.492 e. The van der Waals surface area contributed by atoms with Crippen molar-refractivity contribution in [1.82, 2.24) is 13.8 Å². The number of likely N-dealkylation sites (tertiary alicyclic amines) is 1. The standard InChI is InChI=1S/C21H27N3O4S/c1-3-24-15-21(16-28-18-8-4-5-9-19(18)29(24,26)27)10-13-23(14-11-21)20(25)17-7-6-12-22(17)2/h4-9,12H,3,10-11,13-16H2,1-2H3. The minimum atomic E-state index is -3.61. The molecule has 29 heavy (non-hydrogen) atoms. The van der Waals surface area contributed by atoms with Crippen LogP contribution in [0.15, 0.2) is 47.5 Å². The van der Waals surface area contributed by atoms with Crippen LogP contribution in [0, 0.1) is 5.41 Å². The Hall–Kier alpha value is -2.32. The normalized spacial score (nSPS) is 21.1. The molecule has 0 aliphatic carbocycles. The van der Waals surface area contributed by atoms with Crippen LogP contribution in [-0.4, -0.2) is 60.9 Å². The number of rotatable bonds is 2. The lowest BCUT2D eigenvalue weighted by Gasteiger charge is -2.44. The first kappa shape index (κ1) is 20.0. The van der Waals surface area contributed by atoms with Gasteiger partial charge in [-0.1, -0.05) is 19.1 Å². The van der Waals surface area contributed by atoms with Gasteiger partial charge in [0, 0.05) is 44.8 Å². The molecule has 1 spiro atoms. The average Bonchev–Trinajstić information content (AvgIpc) is 3.16. The predicted octanol–water partition coefficient (Wildman–Crippen LogP) is 2.35. The summed E-state index contributed by atoms with van der Waals surface area (Å²) in [5.74, 6) is 0.428. The van der Waals surface area contributed by atoms with Gasteiger partial charge in [-0.3, -0.25) is 4.79 Å². The quantitative estimate of drug-likeness (QED) is 0.752. The van der Waals surface area contributed by atoms with E-state index in [1.165, 1.54) is 0 Å². The topological polar surface area (TPSA) is 71.8 Å². The van der Waals surface area contributed by atoms with E-state index in [1.54, 1.807) is 28.6 Å². The molecule has 0 unspecified atom stereocenters. The van der Waals surface area contributed by atoms with Gasteiger partial charge in [0.1, 0.15) is 16.3 Å². The van der Waals surface area contributed by atoms with Gasteiger partial charge in [0.05, 0.1) is 6.61 Å². The molecule has 1 aromatic heterocycles. The van der Waals surface area contributed by atoms with Gasteiger partial charge in [-0.05, 0) is 37.1 Å². The molecule has 7 nitrogen and oxygen atoms in total. The van der Waals surface area contributed by atoms with Crippen molar-refractivity contribution in [3.05, 3.63) is 48.3 Å². The molecular formula is C21H27N3O4S. The fraction of sp³-hybridized carbons (Fsp3) is 0.476. The molecule has 2 aromatic rings. The van der Waals surface area contributed by atoms with E-state index in [1.807, 2.05) is 41.8 Å². The Morgan fingerprint density at radius 2 is 1.86 bits per heavy atom. The highest BCUT2D eigenvalue weighted by molar-refractivity contribution is 7.89. The smallest absolute Gasteiger partial charge is 0.270 e. The number of nitrogens with zero attached hydrogens (tertiary/aromatic N) is 3. The third kappa shape index (κ3) is 3.55. The van der Waals surface area contributed by atoms with Crippen LogP contribution in [0.5, 0.6) is 5.75 Å². The minimum absolute atomic E-state index is 0.0180. The Bertz CT molecular complexity index is 1010. The molecular weight excluding hydrogens is 390 g/mol. The maximum absolute atomic E-state index is 13.2. The molecule has 156 valence electrons. The zero-order valence-electron chi connectivity index (χ0n) is 16.9. The van der Waals surface area contributed by atoms with E-state index >= 15 is 0 Å². The fourth-order valence-corrected chi connectivity index (χ4v) is 5.96. The lowest BCUT2D eigenvalue weighted by Crippen LogP contribution is -2.52. The van der Waals surface area contributed by atoms with E-state index in [0.29, 0.717) is 57.1 Å². The average molecular weight is 418 g/mol. The Morgan fingerprint density at radius 3 is 2.52 bits per heavy atom. The van der Waals surface area contributed by atoms with Gasteiger partial charge < -0.3 is 14.2 Å². The first-order chi connectivity index (χ1) is 13.9. The molecule has 8 heteroatoms. The van der Waals surface area contributed by atoms with E-state index in [9.17, 15) is 13.2 Å². The molecule has 0 bridgehead atoms. The predicted molar refractivity (Wildman–Crippen MR) is 109 cm³/mol. The molecule has 2 aliphatic rings. The van der Waals surface area contributed by atoms with Gasteiger partial charge in [0.25, 0.3) is 5.91 Å². The van der Waals surface area contributed by atoms with E-state index in [2.05, 4.69) is 0 Å². The van der Waals surface area contributed by atoms with Crippen molar-refractivity contribution in [2.24, 2.45) is 12.5 Å². The SMILES string of the molecule is CCN1CC2(CCN(C(=O)c3cccn3C)CC2)COc2ccccc2S1(=O)=O. The van der Waals surface area contributed by atoms with Crippen molar-refractivity contribution in [3.8, 4) is 5.75 Å². The van der Waals surface area contributed by atoms with Crippen LogP contribution in [-0.2, 0) is 17.1 Å². The fourth-order valence-electron chi connectivity index (χ4n) is 4.27. The number of aromatic nitrogens is 1. The maximum atomic E-state index is 13.2. The molecule has 4 rings (SSSR count). The highest BCUT2D eigenvalue weighted by atomic mass is 32.2. The van der Waals surface area contributed by atoms with E-state index < -0.39 is 10.0 Å². The number of ether oxygens (including phenoxy) is 1. The molecule has 1 saturated heterocycles. The second kappa shape index (κ2) is 7.50. The summed E-state index contributed by atoms with van der Waals surface area (Å²) in [6.45, 7) is 4.31. The lowest BCUT2D eigenvalue weighted by atomic mass is 9.78. The van der Waals surface area contributed by atoms with Crippen LogP contribution in [0.3, 0.4) is 0 Å². The van der Waals surface area contributed by atoms with Gasteiger partial charge >= 0.3 is 0 Å². The Balaban J connectivity index is 1.57. The zero-order chi connectivity index (χ0) is 20.6. The second-order valence-electron chi connectivity index (χ2n) is 7.96. The third-order valence-corrected chi connectivity index (χ3v) is 8.10. The number of hydrogen-bond donors (Lipinski definition) is 0. The number of aryl methyl sites for hydroxylation is 1. The van der Waals surface area contributed by atoms with Crippen molar-refractivity contribution < 1.29 is 17.9 Å². The molecule has 1 fully saturated rings. The number of benzene rings is 1. The molecule has 0 N–H and O–H groups in total. The third-order valence-electron chi connectivity index (χ3n) is 6.14. The molecule has 3 heterocycles. The van der Waals surface area contributed by atoms with Crippen LogP contribution in [0.2, 0.25) is 0 Å². The number of para-hydroxylation sites is 1. The van der Waals surface area contributed by atoms with Crippen molar-refractivity contribution in [2.75, 3.05) is 32.8 Å². The van der Waals surface area contributed by atoms with Gasteiger partial charge in [0.2, 0.25) is 10.0 Å². The lowest BCUT2D eigenvalue weighted by molar-refractivity contribution is 0.0301. The number of fused-ring (bicyclic) bond motifs is 1. The number of sulfonamides is 1. The van der Waals surface area contributed by atoms with Crippen LogP contribution in [0.4, 0.5) is 0 Å². The highest BCUT2D eigenvalue weighted by Crippen LogP contribution is 2.39. The van der Waals surface area contributed by atoms with Crippen molar-refractivity contribution >= 4 is 15.9 Å². The first-order valence-corrected chi connectivity index (χ1v) is 11.4. The van der Waals surface area contributed by atoms with Gasteiger partial charge in [-0.2, -0.15) is 4.31 Å². The summed E-state index contributed by atoms with van der Waals surface area (Å²) < 4.78 is 35.8. The van der Waals surface area contributed by atoms with Gasteiger partial charge in [0.15, 0.2) is 0 Å². The number of piperidine rings is 1. The molecule has 0 saturated carbocycles. The van der Waals surface area contributed by atoms with Crippen LogP contribution in [0.1, 0.15) is 30.3 Å². The number of hydrogen-bond acceptors (Lipinski definition) is 4. The minimum Gasteiger partial charge on any atom is -0.492 e. The maximum Gasteiger partial charge on any atom is 0.270 e. The summed E-state index contributed by atoms with van der Waals surface area (Å²) in [4.78, 5) is 14.9. The summed E-state index contributed by atoms with van der Waals surface area (Å²) >= 11 is 0. The van der Waals surface area contributed by atoms with Gasteiger partial charge in [-0.25, -0.2) is 8.42 Å². The molecule has 0 atom stereocenters. The van der Waals surface area contributed by atoms with Crippen LogP contribution < -0.4 is 4.74 Å². The summed E-state index contributed by atoms with van der Waals surface area (Å²) in [7, 11) is -1.75. The Labute approximate surface area is 171 Å². The monoisotopic (exact) mass is 417 g/mol. The summed E-state index contributed by atoms with van der Waals surface area (Å²) in [5.41, 5.74) is 0.364. The van der Waals surface area contributed by atoms with Crippen molar-refractivity contribution in [1.29, 1.82) is 0 Å². The molecule has 1 amide bonds. The Morgan fingerprint density at radius 1 is 1.14 bits per heavy atom. The number of carbonyl (C=O) groups excluding carboxylic acids is 1. The molecule has 0 radical (unpaired) electrons. The number of carbonyl (C=O) groups is 1. The van der Waals surface area contributed by atoms with Crippen molar-refractivity contribution in [2.45, 2.75) is 24.7 Å².